The van der Waals surface area contributed by atoms with E-state index in [1.807, 2.05) is 23.6 Å². The molecule has 0 saturated heterocycles. The van der Waals surface area contributed by atoms with Crippen molar-refractivity contribution in [3.63, 3.8) is 0 Å². The third-order valence-electron chi connectivity index (χ3n) is 2.12. The van der Waals surface area contributed by atoms with Crippen molar-refractivity contribution in [3.05, 3.63) is 40.3 Å². The number of hydrogen-bond donors (Lipinski definition) is 1. The van der Waals surface area contributed by atoms with Gasteiger partial charge in [0.15, 0.2) is 0 Å². The maximum Gasteiger partial charge on any atom is 0.328 e. The molecule has 0 amide bonds. The van der Waals surface area contributed by atoms with Crippen LogP contribution in [0.2, 0.25) is 0 Å². The van der Waals surface area contributed by atoms with Gasteiger partial charge in [-0.25, -0.2) is 9.78 Å². The van der Waals surface area contributed by atoms with Gasteiger partial charge in [-0.3, -0.25) is 0 Å². The van der Waals surface area contributed by atoms with Gasteiger partial charge in [0, 0.05) is 22.9 Å². The van der Waals surface area contributed by atoms with Gasteiger partial charge in [-0.2, -0.15) is 0 Å². The van der Waals surface area contributed by atoms with Gasteiger partial charge >= 0.3 is 5.97 Å². The van der Waals surface area contributed by atoms with E-state index in [4.69, 9.17) is 5.11 Å². The Morgan fingerprint density at radius 2 is 2.31 bits per heavy atom. The van der Waals surface area contributed by atoms with E-state index < -0.39 is 5.97 Å². The lowest BCUT2D eigenvalue weighted by molar-refractivity contribution is -0.131. The van der Waals surface area contributed by atoms with Crippen molar-refractivity contribution < 1.29 is 9.90 Å². The molecule has 0 radical (unpaired) electrons. The Balaban J connectivity index is 2.52. The van der Waals surface area contributed by atoms with Crippen LogP contribution in [-0.2, 0) is 4.79 Å². The first-order valence-corrected chi connectivity index (χ1v) is 5.41. The summed E-state index contributed by atoms with van der Waals surface area (Å²) in [6.07, 6.45) is 6.22. The Hall–Kier alpha value is -1.62. The Morgan fingerprint density at radius 3 is 3.00 bits per heavy atom. The van der Waals surface area contributed by atoms with Gasteiger partial charge in [-0.15, -0.1) is 0 Å². The number of aromatic nitrogens is 2. The van der Waals surface area contributed by atoms with E-state index in [1.165, 1.54) is 6.08 Å². The summed E-state index contributed by atoms with van der Waals surface area (Å²) in [5.74, 6) is -0.977. The quantitative estimate of drug-likeness (QED) is 0.860. The zero-order valence-corrected chi connectivity index (χ0v) is 10.1. The van der Waals surface area contributed by atoms with Crippen molar-refractivity contribution in [1.29, 1.82) is 0 Å². The lowest BCUT2D eigenvalue weighted by atomic mass is 10.3. The molecule has 0 aliphatic carbocycles. The van der Waals surface area contributed by atoms with Gasteiger partial charge in [-0.1, -0.05) is 0 Å². The van der Waals surface area contributed by atoms with E-state index in [0.717, 1.165) is 21.8 Å². The molecule has 0 aliphatic rings. The molecule has 0 aromatic carbocycles. The minimum absolute atomic E-state index is 0.628. The molecular weight excluding hydrogens is 272 g/mol. The standard InChI is InChI=1S/C11H9BrN2O2/c1-7-4-8(12)5-14-6-9(13-11(7)14)2-3-10(15)16/h2-6H,1H3,(H,15,16)/b3-2+. The molecule has 0 atom stereocenters. The van der Waals surface area contributed by atoms with E-state index in [2.05, 4.69) is 20.9 Å². The average Bonchev–Trinajstić information content (AvgIpc) is 2.57. The maximum absolute atomic E-state index is 10.4. The molecule has 2 rings (SSSR count). The number of pyridine rings is 1. The number of hydrogen-bond acceptors (Lipinski definition) is 2. The van der Waals surface area contributed by atoms with Crippen molar-refractivity contribution in [2.75, 3.05) is 0 Å². The second-order valence-corrected chi connectivity index (χ2v) is 4.33. The van der Waals surface area contributed by atoms with E-state index in [1.54, 1.807) is 6.20 Å². The van der Waals surface area contributed by atoms with Crippen LogP contribution >= 0.6 is 15.9 Å². The average molecular weight is 281 g/mol. The number of imidazole rings is 1. The van der Waals surface area contributed by atoms with Crippen LogP contribution < -0.4 is 0 Å². The summed E-state index contributed by atoms with van der Waals surface area (Å²) in [4.78, 5) is 14.7. The molecule has 0 bridgehead atoms. The highest BCUT2D eigenvalue weighted by molar-refractivity contribution is 9.10. The molecule has 2 heterocycles. The molecule has 16 heavy (non-hydrogen) atoms. The predicted molar refractivity (Wildman–Crippen MR) is 64.3 cm³/mol. The molecule has 2 aromatic rings. The monoisotopic (exact) mass is 280 g/mol. The first-order chi connectivity index (χ1) is 7.56. The molecular formula is C11H9BrN2O2. The molecule has 2 aromatic heterocycles. The van der Waals surface area contributed by atoms with E-state index >= 15 is 0 Å². The summed E-state index contributed by atoms with van der Waals surface area (Å²) < 4.78 is 2.82. The van der Waals surface area contributed by atoms with Crippen molar-refractivity contribution in [2.24, 2.45) is 0 Å². The van der Waals surface area contributed by atoms with Gasteiger partial charge in [-0.05, 0) is 40.6 Å². The molecule has 0 aliphatic heterocycles. The largest absolute Gasteiger partial charge is 0.478 e. The molecule has 4 nitrogen and oxygen atoms in total. The second kappa shape index (κ2) is 4.09. The van der Waals surface area contributed by atoms with Crippen LogP contribution in [0.15, 0.2) is 29.0 Å². The fourth-order valence-electron chi connectivity index (χ4n) is 1.48. The Labute approximate surface area is 100 Å². The fraction of sp³-hybridized carbons (Fsp3) is 0.0909. The van der Waals surface area contributed by atoms with E-state index in [0.29, 0.717) is 5.69 Å². The third kappa shape index (κ3) is 2.14. The number of carboxylic acid groups (broad SMARTS) is 1. The van der Waals surface area contributed by atoms with Gasteiger partial charge < -0.3 is 9.51 Å². The molecule has 0 unspecified atom stereocenters. The number of halogens is 1. The van der Waals surface area contributed by atoms with Crippen LogP contribution in [0.1, 0.15) is 11.3 Å². The summed E-state index contributed by atoms with van der Waals surface area (Å²) in [6.45, 7) is 1.96. The number of carboxylic acids is 1. The topological polar surface area (TPSA) is 54.6 Å². The van der Waals surface area contributed by atoms with Gasteiger partial charge in [0.05, 0.1) is 5.69 Å². The van der Waals surface area contributed by atoms with Crippen LogP contribution in [0, 0.1) is 6.92 Å². The fourth-order valence-corrected chi connectivity index (χ4v) is 2.05. The molecule has 0 saturated carbocycles. The number of aryl methyl sites for hydroxylation is 1. The predicted octanol–water partition coefficient (Wildman–Crippen LogP) is 2.50. The van der Waals surface area contributed by atoms with Crippen molar-refractivity contribution in [2.45, 2.75) is 6.92 Å². The Morgan fingerprint density at radius 1 is 1.56 bits per heavy atom. The molecule has 82 valence electrons. The van der Waals surface area contributed by atoms with Crippen molar-refractivity contribution in [3.8, 4) is 0 Å². The smallest absolute Gasteiger partial charge is 0.328 e. The Bertz CT molecular complexity index is 587. The first-order valence-electron chi connectivity index (χ1n) is 4.62. The number of aliphatic carboxylic acids is 1. The minimum Gasteiger partial charge on any atom is -0.478 e. The van der Waals surface area contributed by atoms with Crippen LogP contribution in [0.5, 0.6) is 0 Å². The zero-order chi connectivity index (χ0) is 11.7. The van der Waals surface area contributed by atoms with Crippen LogP contribution in [0.4, 0.5) is 0 Å². The minimum atomic E-state index is -0.977. The summed E-state index contributed by atoms with van der Waals surface area (Å²) in [5, 5.41) is 8.52. The van der Waals surface area contributed by atoms with Crippen LogP contribution in [-0.4, -0.2) is 20.5 Å². The third-order valence-corrected chi connectivity index (χ3v) is 2.55. The van der Waals surface area contributed by atoms with Crippen LogP contribution in [0.3, 0.4) is 0 Å². The second-order valence-electron chi connectivity index (χ2n) is 3.41. The number of fused-ring (bicyclic) bond motifs is 1. The van der Waals surface area contributed by atoms with E-state index in [-0.39, 0.29) is 0 Å². The molecule has 5 heteroatoms. The normalized spacial score (nSPS) is 11.4. The Kier molecular flexibility index (Phi) is 2.78. The van der Waals surface area contributed by atoms with Crippen molar-refractivity contribution in [1.82, 2.24) is 9.38 Å². The number of carbonyl (C=O) groups is 1. The van der Waals surface area contributed by atoms with Crippen molar-refractivity contribution >= 4 is 33.6 Å². The highest BCUT2D eigenvalue weighted by Gasteiger charge is 2.03. The number of rotatable bonds is 2. The lowest BCUT2D eigenvalue weighted by Crippen LogP contribution is -1.86. The molecule has 1 N–H and O–H groups in total. The summed E-state index contributed by atoms with van der Waals surface area (Å²) >= 11 is 3.39. The summed E-state index contributed by atoms with van der Waals surface area (Å²) in [7, 11) is 0. The van der Waals surface area contributed by atoms with E-state index in [9.17, 15) is 4.79 Å². The summed E-state index contributed by atoms with van der Waals surface area (Å²) in [5.41, 5.74) is 2.49. The highest BCUT2D eigenvalue weighted by Crippen LogP contribution is 2.17. The van der Waals surface area contributed by atoms with Gasteiger partial charge in [0.2, 0.25) is 0 Å². The zero-order valence-electron chi connectivity index (χ0n) is 8.51. The summed E-state index contributed by atoms with van der Waals surface area (Å²) in [6, 6.07) is 1.97. The maximum atomic E-state index is 10.4. The van der Waals surface area contributed by atoms with Gasteiger partial charge in [0.1, 0.15) is 5.65 Å². The SMILES string of the molecule is Cc1cc(Br)cn2cc(/C=C/C(=O)O)nc12. The van der Waals surface area contributed by atoms with Crippen LogP contribution in [0.25, 0.3) is 11.7 Å². The molecule has 0 spiro atoms. The molecule has 0 fully saturated rings. The number of nitrogens with zero attached hydrogens (tertiary/aromatic N) is 2. The highest BCUT2D eigenvalue weighted by atomic mass is 79.9. The van der Waals surface area contributed by atoms with Gasteiger partial charge in [0.25, 0.3) is 0 Å². The lowest BCUT2D eigenvalue weighted by Gasteiger charge is -1.97. The first kappa shape index (κ1) is 10.9.